The van der Waals surface area contributed by atoms with Gasteiger partial charge in [0.05, 0.1) is 11.6 Å². The van der Waals surface area contributed by atoms with Crippen molar-refractivity contribution in [3.05, 3.63) is 18.5 Å². The van der Waals surface area contributed by atoms with Crippen LogP contribution in [0.25, 0.3) is 11.0 Å². The molecule has 0 amide bonds. The van der Waals surface area contributed by atoms with Crippen LogP contribution in [0.1, 0.15) is 0 Å². The molecule has 2 N–H and O–H groups in total. The van der Waals surface area contributed by atoms with Gasteiger partial charge in [-0.25, -0.2) is 4.98 Å². The van der Waals surface area contributed by atoms with Crippen molar-refractivity contribution in [2.75, 3.05) is 5.73 Å². The number of nitrogen functional groups attached to an aromatic ring is 1. The van der Waals surface area contributed by atoms with Gasteiger partial charge in [-0.1, -0.05) is 0 Å². The SMILES string of the molecule is Cn1ncc2c(N)ccnc21. The van der Waals surface area contributed by atoms with Crippen LogP contribution >= 0.6 is 0 Å². The summed E-state index contributed by atoms with van der Waals surface area (Å²) in [6, 6.07) is 1.77. The molecule has 0 aliphatic carbocycles. The summed E-state index contributed by atoms with van der Waals surface area (Å²) in [5.41, 5.74) is 7.23. The number of rotatable bonds is 0. The number of fused-ring (bicyclic) bond motifs is 1. The van der Waals surface area contributed by atoms with E-state index in [1.54, 1.807) is 23.1 Å². The molecule has 56 valence electrons. The van der Waals surface area contributed by atoms with Crippen molar-refractivity contribution in [2.24, 2.45) is 7.05 Å². The topological polar surface area (TPSA) is 56.7 Å². The third-order valence-corrected chi connectivity index (χ3v) is 1.67. The molecule has 2 heterocycles. The number of hydrogen-bond donors (Lipinski definition) is 1. The highest BCUT2D eigenvalue weighted by molar-refractivity contribution is 5.86. The van der Waals surface area contributed by atoms with E-state index in [9.17, 15) is 0 Å². The van der Waals surface area contributed by atoms with Gasteiger partial charge in [-0.3, -0.25) is 4.68 Å². The Hall–Kier alpha value is -1.58. The molecule has 0 spiro atoms. The fourth-order valence-corrected chi connectivity index (χ4v) is 1.07. The highest BCUT2D eigenvalue weighted by atomic mass is 15.3. The van der Waals surface area contributed by atoms with Crippen molar-refractivity contribution in [3.8, 4) is 0 Å². The smallest absolute Gasteiger partial charge is 0.159 e. The summed E-state index contributed by atoms with van der Waals surface area (Å²) in [6.07, 6.45) is 3.40. The minimum Gasteiger partial charge on any atom is -0.398 e. The molecule has 0 aromatic carbocycles. The van der Waals surface area contributed by atoms with E-state index in [2.05, 4.69) is 10.1 Å². The Morgan fingerprint density at radius 3 is 3.09 bits per heavy atom. The van der Waals surface area contributed by atoms with Crippen LogP contribution in [-0.4, -0.2) is 14.8 Å². The summed E-state index contributed by atoms with van der Waals surface area (Å²) in [6.45, 7) is 0. The summed E-state index contributed by atoms with van der Waals surface area (Å²) in [5.74, 6) is 0. The average molecular weight is 148 g/mol. The number of anilines is 1. The zero-order chi connectivity index (χ0) is 7.84. The molecule has 0 aliphatic rings. The summed E-state index contributed by atoms with van der Waals surface area (Å²) in [7, 11) is 1.84. The molecule has 0 bridgehead atoms. The molecule has 0 atom stereocenters. The molecule has 2 aromatic rings. The highest BCUT2D eigenvalue weighted by Gasteiger charge is 2.01. The van der Waals surface area contributed by atoms with E-state index < -0.39 is 0 Å². The Bertz CT molecular complexity index is 390. The van der Waals surface area contributed by atoms with Gasteiger partial charge in [0.1, 0.15) is 0 Å². The number of pyridine rings is 1. The molecular weight excluding hydrogens is 140 g/mol. The first-order valence-electron chi connectivity index (χ1n) is 3.31. The molecule has 4 nitrogen and oxygen atoms in total. The number of aromatic nitrogens is 3. The Morgan fingerprint density at radius 2 is 2.36 bits per heavy atom. The third kappa shape index (κ3) is 0.756. The standard InChI is InChI=1S/C7H8N4/c1-11-7-5(4-10-11)6(8)2-3-9-7/h2-4H,1H3,(H2,8,9). The quantitative estimate of drug-likeness (QED) is 0.593. The highest BCUT2D eigenvalue weighted by Crippen LogP contribution is 2.16. The molecule has 0 saturated carbocycles. The predicted octanol–water partition coefficient (Wildman–Crippen LogP) is 0.550. The monoisotopic (exact) mass is 148 g/mol. The van der Waals surface area contributed by atoms with Gasteiger partial charge >= 0.3 is 0 Å². The van der Waals surface area contributed by atoms with Gasteiger partial charge in [0.15, 0.2) is 5.65 Å². The zero-order valence-electron chi connectivity index (χ0n) is 6.15. The van der Waals surface area contributed by atoms with E-state index in [1.165, 1.54) is 0 Å². The van der Waals surface area contributed by atoms with Crippen molar-refractivity contribution < 1.29 is 0 Å². The summed E-state index contributed by atoms with van der Waals surface area (Å²) < 4.78 is 1.70. The summed E-state index contributed by atoms with van der Waals surface area (Å²) in [5, 5.41) is 4.94. The lowest BCUT2D eigenvalue weighted by molar-refractivity contribution is 0.786. The molecule has 0 aliphatic heterocycles. The first-order valence-corrected chi connectivity index (χ1v) is 3.31. The molecule has 4 heteroatoms. The summed E-state index contributed by atoms with van der Waals surface area (Å²) >= 11 is 0. The molecule has 11 heavy (non-hydrogen) atoms. The van der Waals surface area contributed by atoms with Crippen molar-refractivity contribution in [1.29, 1.82) is 0 Å². The number of nitrogens with two attached hydrogens (primary N) is 1. The molecular formula is C7H8N4. The maximum atomic E-state index is 5.68. The molecule has 0 unspecified atom stereocenters. The van der Waals surface area contributed by atoms with Crippen LogP contribution < -0.4 is 5.73 Å². The average Bonchev–Trinajstić information content (AvgIpc) is 2.35. The van der Waals surface area contributed by atoms with Crippen LogP contribution in [-0.2, 0) is 7.05 Å². The van der Waals surface area contributed by atoms with E-state index in [4.69, 9.17) is 5.73 Å². The zero-order valence-corrected chi connectivity index (χ0v) is 6.15. The number of hydrogen-bond acceptors (Lipinski definition) is 3. The molecule has 2 rings (SSSR count). The fraction of sp³-hybridized carbons (Fsp3) is 0.143. The van der Waals surface area contributed by atoms with E-state index in [0.29, 0.717) is 0 Å². The van der Waals surface area contributed by atoms with Crippen molar-refractivity contribution in [1.82, 2.24) is 14.8 Å². The first kappa shape index (κ1) is 6.15. The summed E-state index contributed by atoms with van der Waals surface area (Å²) in [4.78, 5) is 4.12. The van der Waals surface area contributed by atoms with Gasteiger partial charge in [-0.05, 0) is 6.07 Å². The Kier molecular flexibility index (Phi) is 1.09. The van der Waals surface area contributed by atoms with Crippen LogP contribution in [0, 0.1) is 0 Å². The van der Waals surface area contributed by atoms with Gasteiger partial charge in [-0.2, -0.15) is 5.10 Å². The number of nitrogens with zero attached hydrogens (tertiary/aromatic N) is 3. The second-order valence-corrected chi connectivity index (χ2v) is 2.41. The Balaban J connectivity index is 2.94. The lowest BCUT2D eigenvalue weighted by Crippen LogP contribution is -1.92. The Morgan fingerprint density at radius 1 is 1.55 bits per heavy atom. The van der Waals surface area contributed by atoms with Gasteiger partial charge in [0.2, 0.25) is 0 Å². The van der Waals surface area contributed by atoms with E-state index >= 15 is 0 Å². The van der Waals surface area contributed by atoms with Crippen LogP contribution in [0.2, 0.25) is 0 Å². The van der Waals surface area contributed by atoms with Gasteiger partial charge < -0.3 is 5.73 Å². The van der Waals surface area contributed by atoms with Crippen molar-refractivity contribution in [3.63, 3.8) is 0 Å². The van der Waals surface area contributed by atoms with Gasteiger partial charge in [0, 0.05) is 18.9 Å². The van der Waals surface area contributed by atoms with Crippen LogP contribution in [0.3, 0.4) is 0 Å². The molecule has 0 fully saturated rings. The second-order valence-electron chi connectivity index (χ2n) is 2.41. The second kappa shape index (κ2) is 1.95. The van der Waals surface area contributed by atoms with Crippen molar-refractivity contribution >= 4 is 16.7 Å². The molecule has 2 aromatic heterocycles. The van der Waals surface area contributed by atoms with E-state index in [1.807, 2.05) is 7.05 Å². The van der Waals surface area contributed by atoms with Crippen LogP contribution in [0.5, 0.6) is 0 Å². The maximum Gasteiger partial charge on any atom is 0.159 e. The van der Waals surface area contributed by atoms with E-state index in [-0.39, 0.29) is 0 Å². The number of aryl methyl sites for hydroxylation is 1. The molecule has 0 saturated heterocycles. The van der Waals surface area contributed by atoms with Gasteiger partial charge in [-0.15, -0.1) is 0 Å². The largest absolute Gasteiger partial charge is 0.398 e. The van der Waals surface area contributed by atoms with E-state index in [0.717, 1.165) is 16.7 Å². The minimum absolute atomic E-state index is 0.725. The van der Waals surface area contributed by atoms with Gasteiger partial charge in [0.25, 0.3) is 0 Å². The lowest BCUT2D eigenvalue weighted by Gasteiger charge is -1.94. The maximum absolute atomic E-state index is 5.68. The van der Waals surface area contributed by atoms with Crippen LogP contribution in [0.4, 0.5) is 5.69 Å². The predicted molar refractivity (Wildman–Crippen MR) is 42.9 cm³/mol. The lowest BCUT2D eigenvalue weighted by atomic mass is 10.3. The molecule has 0 radical (unpaired) electrons. The first-order chi connectivity index (χ1) is 5.29. The normalized spacial score (nSPS) is 10.6. The van der Waals surface area contributed by atoms with Crippen LogP contribution in [0.15, 0.2) is 18.5 Å². The van der Waals surface area contributed by atoms with Crippen molar-refractivity contribution in [2.45, 2.75) is 0 Å². The Labute approximate surface area is 63.6 Å². The minimum atomic E-state index is 0.725. The fourth-order valence-electron chi connectivity index (χ4n) is 1.07. The third-order valence-electron chi connectivity index (χ3n) is 1.67.